The molecule has 6 heteroatoms. The molecule has 1 aromatic heterocycles. The van der Waals surface area contributed by atoms with E-state index in [2.05, 4.69) is 20.7 Å². The maximum Gasteiger partial charge on any atom is 0.239 e. The predicted molar refractivity (Wildman–Crippen MR) is 73.4 cm³/mol. The molecule has 94 valence electrons. The summed E-state index contributed by atoms with van der Waals surface area (Å²) in [4.78, 5) is 8.31. The van der Waals surface area contributed by atoms with Crippen LogP contribution in [0, 0.1) is 6.92 Å². The average Bonchev–Trinajstić information content (AvgIpc) is 2.37. The van der Waals surface area contributed by atoms with Crippen molar-refractivity contribution in [2.24, 2.45) is 5.84 Å². The van der Waals surface area contributed by atoms with Crippen molar-refractivity contribution in [3.05, 3.63) is 46.6 Å². The second kappa shape index (κ2) is 5.66. The number of hydrogen-bond acceptors (Lipinski definition) is 5. The van der Waals surface area contributed by atoms with E-state index in [1.165, 1.54) is 0 Å². The van der Waals surface area contributed by atoms with E-state index in [0.717, 1.165) is 22.1 Å². The van der Waals surface area contributed by atoms with Gasteiger partial charge in [-0.3, -0.25) is 5.43 Å². The molecule has 5 nitrogen and oxygen atoms in total. The molecule has 0 unspecified atom stereocenters. The summed E-state index contributed by atoms with van der Waals surface area (Å²) in [6.45, 7) is 2.55. The van der Waals surface area contributed by atoms with E-state index in [9.17, 15) is 0 Å². The third kappa shape index (κ3) is 3.32. The van der Waals surface area contributed by atoms with Crippen LogP contribution in [0.15, 0.2) is 30.3 Å². The minimum Gasteiger partial charge on any atom is -0.366 e. The van der Waals surface area contributed by atoms with Crippen LogP contribution in [0.2, 0.25) is 5.02 Å². The van der Waals surface area contributed by atoms with Gasteiger partial charge in [-0.2, -0.15) is 4.98 Å². The number of nitrogen functional groups attached to an aromatic ring is 1. The highest BCUT2D eigenvalue weighted by atomic mass is 35.5. The van der Waals surface area contributed by atoms with Gasteiger partial charge in [0.1, 0.15) is 5.82 Å². The monoisotopic (exact) mass is 263 g/mol. The number of nitrogens with two attached hydrogens (primary N) is 1. The number of hydrazine groups is 1. The van der Waals surface area contributed by atoms with Crippen LogP contribution in [0.25, 0.3) is 0 Å². The summed E-state index contributed by atoms with van der Waals surface area (Å²) in [5, 5.41) is 3.93. The van der Waals surface area contributed by atoms with E-state index in [1.807, 2.05) is 37.3 Å². The van der Waals surface area contributed by atoms with Crippen molar-refractivity contribution in [2.45, 2.75) is 13.5 Å². The fourth-order valence-electron chi connectivity index (χ4n) is 1.52. The van der Waals surface area contributed by atoms with Gasteiger partial charge in [-0.15, -0.1) is 0 Å². The summed E-state index contributed by atoms with van der Waals surface area (Å²) in [7, 11) is 0. The Bertz CT molecular complexity index is 526. The van der Waals surface area contributed by atoms with Gasteiger partial charge in [-0.05, 0) is 24.6 Å². The van der Waals surface area contributed by atoms with Gasteiger partial charge in [-0.25, -0.2) is 10.8 Å². The molecule has 0 atom stereocenters. The van der Waals surface area contributed by atoms with Crippen LogP contribution in [-0.2, 0) is 6.54 Å². The second-order valence-corrected chi connectivity index (χ2v) is 4.28. The van der Waals surface area contributed by atoms with E-state index >= 15 is 0 Å². The first-order valence-corrected chi connectivity index (χ1v) is 5.86. The van der Waals surface area contributed by atoms with E-state index in [1.54, 1.807) is 0 Å². The minimum atomic E-state index is 0.397. The quantitative estimate of drug-likeness (QED) is 0.583. The van der Waals surface area contributed by atoms with Gasteiger partial charge in [0.15, 0.2) is 0 Å². The number of nitrogens with one attached hydrogen (secondary N) is 2. The Hall–Kier alpha value is -1.85. The first kappa shape index (κ1) is 12.6. The van der Waals surface area contributed by atoms with Crippen molar-refractivity contribution in [3.8, 4) is 0 Å². The summed E-state index contributed by atoms with van der Waals surface area (Å²) in [6.07, 6.45) is 0. The maximum absolute atomic E-state index is 5.83. The molecule has 0 aliphatic heterocycles. The molecule has 2 aromatic rings. The van der Waals surface area contributed by atoms with Crippen molar-refractivity contribution >= 4 is 23.4 Å². The summed E-state index contributed by atoms with van der Waals surface area (Å²) in [6, 6.07) is 9.50. The Morgan fingerprint density at radius 1 is 1.22 bits per heavy atom. The molecule has 0 bridgehead atoms. The molecular weight excluding hydrogens is 250 g/mol. The third-order valence-corrected chi connectivity index (χ3v) is 2.62. The standard InChI is InChI=1S/C12H14ClN5/c1-8-6-11(17-12(16-8)18-14)15-7-9-2-4-10(13)5-3-9/h2-6H,7,14H2,1H3,(H2,15,16,17,18). The smallest absolute Gasteiger partial charge is 0.239 e. The predicted octanol–water partition coefficient (Wildman–Crippen LogP) is 2.34. The molecular formula is C12H14ClN5. The SMILES string of the molecule is Cc1cc(NCc2ccc(Cl)cc2)nc(NN)n1. The Kier molecular flexibility index (Phi) is 3.96. The van der Waals surface area contributed by atoms with Crippen molar-refractivity contribution in [1.82, 2.24) is 9.97 Å². The Balaban J connectivity index is 2.05. The number of halogens is 1. The Morgan fingerprint density at radius 3 is 2.61 bits per heavy atom. The van der Waals surface area contributed by atoms with Crippen LogP contribution >= 0.6 is 11.6 Å². The zero-order valence-corrected chi connectivity index (χ0v) is 10.7. The van der Waals surface area contributed by atoms with Crippen LogP contribution in [0.1, 0.15) is 11.3 Å². The molecule has 0 saturated carbocycles. The lowest BCUT2D eigenvalue weighted by Gasteiger charge is -2.08. The minimum absolute atomic E-state index is 0.397. The number of anilines is 2. The molecule has 0 radical (unpaired) electrons. The van der Waals surface area contributed by atoms with E-state index in [-0.39, 0.29) is 0 Å². The Labute approximate surface area is 110 Å². The number of aryl methyl sites for hydroxylation is 1. The molecule has 1 aromatic carbocycles. The number of rotatable bonds is 4. The number of hydrogen-bond donors (Lipinski definition) is 3. The molecule has 0 fully saturated rings. The normalized spacial score (nSPS) is 10.2. The first-order valence-electron chi connectivity index (χ1n) is 5.48. The number of nitrogens with zero attached hydrogens (tertiary/aromatic N) is 2. The molecule has 0 aliphatic carbocycles. The highest BCUT2D eigenvalue weighted by Crippen LogP contribution is 2.13. The summed E-state index contributed by atoms with van der Waals surface area (Å²) in [5.74, 6) is 6.42. The second-order valence-electron chi connectivity index (χ2n) is 3.84. The van der Waals surface area contributed by atoms with Crippen molar-refractivity contribution in [3.63, 3.8) is 0 Å². The lowest BCUT2D eigenvalue weighted by Crippen LogP contribution is -2.12. The van der Waals surface area contributed by atoms with Crippen molar-refractivity contribution in [1.29, 1.82) is 0 Å². The maximum atomic E-state index is 5.83. The molecule has 0 saturated heterocycles. The largest absolute Gasteiger partial charge is 0.366 e. The Morgan fingerprint density at radius 2 is 1.94 bits per heavy atom. The number of aromatic nitrogens is 2. The summed E-state index contributed by atoms with van der Waals surface area (Å²) in [5.41, 5.74) is 4.40. The van der Waals surface area contributed by atoms with Gasteiger partial charge in [0.2, 0.25) is 5.95 Å². The molecule has 18 heavy (non-hydrogen) atoms. The lowest BCUT2D eigenvalue weighted by molar-refractivity contribution is 1.04. The topological polar surface area (TPSA) is 75.9 Å². The van der Waals surface area contributed by atoms with Gasteiger partial charge < -0.3 is 5.32 Å². The van der Waals surface area contributed by atoms with E-state index < -0.39 is 0 Å². The average molecular weight is 264 g/mol. The highest BCUT2D eigenvalue weighted by Gasteiger charge is 2.00. The van der Waals surface area contributed by atoms with E-state index in [0.29, 0.717) is 12.5 Å². The van der Waals surface area contributed by atoms with E-state index in [4.69, 9.17) is 17.4 Å². The summed E-state index contributed by atoms with van der Waals surface area (Å²) < 4.78 is 0. The van der Waals surface area contributed by atoms with Crippen LogP contribution in [-0.4, -0.2) is 9.97 Å². The molecule has 1 heterocycles. The van der Waals surface area contributed by atoms with Gasteiger partial charge in [-0.1, -0.05) is 23.7 Å². The molecule has 0 spiro atoms. The molecule has 0 aliphatic rings. The zero-order valence-electron chi connectivity index (χ0n) is 9.94. The molecule has 4 N–H and O–H groups in total. The third-order valence-electron chi connectivity index (χ3n) is 2.37. The summed E-state index contributed by atoms with van der Waals surface area (Å²) >= 11 is 5.83. The number of benzene rings is 1. The lowest BCUT2D eigenvalue weighted by atomic mass is 10.2. The fraction of sp³-hybridized carbons (Fsp3) is 0.167. The van der Waals surface area contributed by atoms with Gasteiger partial charge in [0.05, 0.1) is 0 Å². The molecule has 2 rings (SSSR count). The zero-order chi connectivity index (χ0) is 13.0. The highest BCUT2D eigenvalue weighted by molar-refractivity contribution is 6.30. The fourth-order valence-corrected chi connectivity index (χ4v) is 1.64. The van der Waals surface area contributed by atoms with Crippen LogP contribution in [0.4, 0.5) is 11.8 Å². The van der Waals surface area contributed by atoms with Crippen molar-refractivity contribution in [2.75, 3.05) is 10.7 Å². The van der Waals surface area contributed by atoms with Gasteiger partial charge >= 0.3 is 0 Å². The van der Waals surface area contributed by atoms with Crippen LogP contribution in [0.5, 0.6) is 0 Å². The molecule has 0 amide bonds. The van der Waals surface area contributed by atoms with Gasteiger partial charge in [0.25, 0.3) is 0 Å². The van der Waals surface area contributed by atoms with Crippen LogP contribution in [0.3, 0.4) is 0 Å². The van der Waals surface area contributed by atoms with Crippen LogP contribution < -0.4 is 16.6 Å². The van der Waals surface area contributed by atoms with Gasteiger partial charge in [0, 0.05) is 23.3 Å². The first-order chi connectivity index (χ1) is 8.67. The van der Waals surface area contributed by atoms with Crippen molar-refractivity contribution < 1.29 is 0 Å².